The molecule has 1 unspecified atom stereocenters. The zero-order chi connectivity index (χ0) is 19.5. The Bertz CT molecular complexity index is 850. The first-order chi connectivity index (χ1) is 13.6. The van der Waals surface area contributed by atoms with Crippen molar-refractivity contribution in [2.24, 2.45) is 5.92 Å². The molecule has 7 heteroatoms. The van der Waals surface area contributed by atoms with E-state index in [-0.39, 0.29) is 24.2 Å². The fraction of sp³-hybridized carbons (Fsp3) is 0.429. The van der Waals surface area contributed by atoms with Crippen LogP contribution >= 0.6 is 23.1 Å². The molecule has 28 heavy (non-hydrogen) atoms. The van der Waals surface area contributed by atoms with Crippen molar-refractivity contribution in [3.8, 4) is 0 Å². The van der Waals surface area contributed by atoms with Gasteiger partial charge < -0.3 is 10.2 Å². The Morgan fingerprint density at radius 1 is 1.29 bits per heavy atom. The van der Waals surface area contributed by atoms with Crippen molar-refractivity contribution in [2.45, 2.75) is 24.3 Å². The third kappa shape index (κ3) is 4.26. The number of benzene rings is 1. The number of rotatable bonds is 6. The van der Waals surface area contributed by atoms with Crippen LogP contribution in [0.1, 0.15) is 16.9 Å². The number of thiophene rings is 1. The number of carbonyl (C=O) groups is 2. The molecule has 148 valence electrons. The van der Waals surface area contributed by atoms with Crippen molar-refractivity contribution >= 4 is 40.6 Å². The molecule has 1 atom stereocenters. The predicted octanol–water partition coefficient (Wildman–Crippen LogP) is 3.00. The fourth-order valence-corrected chi connectivity index (χ4v) is 5.17. The smallest absolute Gasteiger partial charge is 0.227 e. The number of hydrogen-bond acceptors (Lipinski definition) is 5. The summed E-state index contributed by atoms with van der Waals surface area (Å²) in [5, 5.41) is 5.20. The van der Waals surface area contributed by atoms with Gasteiger partial charge >= 0.3 is 0 Å². The number of hydrogen-bond donors (Lipinski definition) is 1. The lowest BCUT2D eigenvalue weighted by Crippen LogP contribution is -2.40. The van der Waals surface area contributed by atoms with Crippen molar-refractivity contribution in [1.82, 2.24) is 10.2 Å². The van der Waals surface area contributed by atoms with E-state index in [9.17, 15) is 9.59 Å². The van der Waals surface area contributed by atoms with Gasteiger partial charge in [0.2, 0.25) is 11.8 Å². The number of carbonyl (C=O) groups excluding carboxylic acids is 2. The predicted molar refractivity (Wildman–Crippen MR) is 115 cm³/mol. The Balaban J connectivity index is 1.25. The lowest BCUT2D eigenvalue weighted by molar-refractivity contribution is -0.126. The largest absolute Gasteiger partial charge is 0.355 e. The Morgan fingerprint density at radius 3 is 2.89 bits per heavy atom. The van der Waals surface area contributed by atoms with Gasteiger partial charge in [0.1, 0.15) is 0 Å². The zero-order valence-electron chi connectivity index (χ0n) is 16.0. The summed E-state index contributed by atoms with van der Waals surface area (Å²) in [4.78, 5) is 31.7. The van der Waals surface area contributed by atoms with Crippen LogP contribution in [-0.4, -0.2) is 49.1 Å². The quantitative estimate of drug-likeness (QED) is 0.737. The van der Waals surface area contributed by atoms with Crippen LogP contribution in [0.5, 0.6) is 0 Å². The minimum absolute atomic E-state index is 0.00943. The van der Waals surface area contributed by atoms with Crippen LogP contribution in [0.4, 0.5) is 5.69 Å². The third-order valence-electron chi connectivity index (χ3n) is 5.49. The van der Waals surface area contributed by atoms with Gasteiger partial charge in [0, 0.05) is 54.6 Å². The Morgan fingerprint density at radius 2 is 2.11 bits per heavy atom. The van der Waals surface area contributed by atoms with Crippen LogP contribution < -0.4 is 10.2 Å². The van der Waals surface area contributed by atoms with Gasteiger partial charge in [-0.2, -0.15) is 0 Å². The molecule has 0 bridgehead atoms. The standard InChI is InChI=1S/C21H25N3O2S2/c1-27-18-4-2-17(3-5-18)24-14-16(12-20(24)25)21(26)22-8-10-23-9-6-19-15(13-23)7-11-28-19/h2-5,7,11,16H,6,8-10,12-14H2,1H3,(H,22,26). The van der Waals surface area contributed by atoms with Crippen molar-refractivity contribution in [2.75, 3.05) is 37.3 Å². The molecule has 1 saturated heterocycles. The molecule has 4 rings (SSSR count). The van der Waals surface area contributed by atoms with E-state index < -0.39 is 0 Å². The normalized spacial score (nSPS) is 19.7. The summed E-state index contributed by atoms with van der Waals surface area (Å²) in [5.74, 6) is -0.250. The van der Waals surface area contributed by atoms with E-state index in [4.69, 9.17) is 0 Å². The highest BCUT2D eigenvalue weighted by atomic mass is 32.2. The van der Waals surface area contributed by atoms with Crippen LogP contribution in [0.3, 0.4) is 0 Å². The highest BCUT2D eigenvalue weighted by Gasteiger charge is 2.35. The monoisotopic (exact) mass is 415 g/mol. The molecule has 5 nitrogen and oxygen atoms in total. The molecule has 3 heterocycles. The van der Waals surface area contributed by atoms with Crippen molar-refractivity contribution in [3.05, 3.63) is 46.2 Å². The second kappa shape index (κ2) is 8.68. The molecular weight excluding hydrogens is 390 g/mol. The molecule has 1 fully saturated rings. The topological polar surface area (TPSA) is 52.7 Å². The van der Waals surface area contributed by atoms with Crippen LogP contribution in [0.25, 0.3) is 0 Å². The Hall–Kier alpha value is -1.83. The summed E-state index contributed by atoms with van der Waals surface area (Å²) >= 11 is 3.51. The maximum atomic E-state index is 12.6. The number of amides is 2. The Labute approximate surface area is 174 Å². The molecule has 2 aromatic rings. The second-order valence-corrected chi connectivity index (χ2v) is 9.17. The number of nitrogens with one attached hydrogen (secondary N) is 1. The van der Waals surface area contributed by atoms with Gasteiger partial charge in [0.25, 0.3) is 0 Å². The van der Waals surface area contributed by atoms with E-state index in [0.29, 0.717) is 13.1 Å². The van der Waals surface area contributed by atoms with Gasteiger partial charge in [-0.1, -0.05) is 0 Å². The zero-order valence-corrected chi connectivity index (χ0v) is 17.7. The van der Waals surface area contributed by atoms with Gasteiger partial charge in [-0.05, 0) is 54.0 Å². The second-order valence-electron chi connectivity index (χ2n) is 7.29. The van der Waals surface area contributed by atoms with Crippen molar-refractivity contribution in [3.63, 3.8) is 0 Å². The highest BCUT2D eigenvalue weighted by Crippen LogP contribution is 2.27. The van der Waals surface area contributed by atoms with E-state index >= 15 is 0 Å². The van der Waals surface area contributed by atoms with Crippen molar-refractivity contribution in [1.29, 1.82) is 0 Å². The Kier molecular flexibility index (Phi) is 6.04. The van der Waals surface area contributed by atoms with Gasteiger partial charge in [0.15, 0.2) is 0 Å². The van der Waals surface area contributed by atoms with Gasteiger partial charge in [-0.25, -0.2) is 0 Å². The first-order valence-electron chi connectivity index (χ1n) is 9.64. The lowest BCUT2D eigenvalue weighted by Gasteiger charge is -2.26. The van der Waals surface area contributed by atoms with Gasteiger partial charge in [-0.3, -0.25) is 14.5 Å². The molecule has 0 spiro atoms. The molecule has 2 aliphatic rings. The van der Waals surface area contributed by atoms with Crippen LogP contribution in [0.15, 0.2) is 40.6 Å². The SMILES string of the molecule is CSc1ccc(N2CC(C(=O)NCCN3CCc4sccc4C3)CC2=O)cc1. The molecule has 2 amide bonds. The molecule has 0 aliphatic carbocycles. The highest BCUT2D eigenvalue weighted by molar-refractivity contribution is 7.98. The molecule has 0 saturated carbocycles. The number of nitrogens with zero attached hydrogens (tertiary/aromatic N) is 2. The van der Waals surface area contributed by atoms with E-state index in [0.717, 1.165) is 36.6 Å². The van der Waals surface area contributed by atoms with Gasteiger partial charge in [-0.15, -0.1) is 23.1 Å². The van der Waals surface area contributed by atoms with Gasteiger partial charge in [0.05, 0.1) is 5.92 Å². The lowest BCUT2D eigenvalue weighted by atomic mass is 10.1. The van der Waals surface area contributed by atoms with E-state index in [1.807, 2.05) is 41.9 Å². The average molecular weight is 416 g/mol. The summed E-state index contributed by atoms with van der Waals surface area (Å²) in [6.07, 6.45) is 3.42. The number of thioether (sulfide) groups is 1. The molecule has 1 aromatic carbocycles. The van der Waals surface area contributed by atoms with Crippen LogP contribution in [0, 0.1) is 5.92 Å². The molecular formula is C21H25N3O2S2. The fourth-order valence-electron chi connectivity index (χ4n) is 3.87. The van der Waals surface area contributed by atoms with E-state index in [2.05, 4.69) is 21.7 Å². The molecule has 1 aromatic heterocycles. The van der Waals surface area contributed by atoms with E-state index in [1.54, 1.807) is 16.7 Å². The van der Waals surface area contributed by atoms with E-state index in [1.165, 1.54) is 10.4 Å². The molecule has 2 aliphatic heterocycles. The van der Waals surface area contributed by atoms with Crippen molar-refractivity contribution < 1.29 is 9.59 Å². The third-order valence-corrected chi connectivity index (χ3v) is 7.26. The maximum absolute atomic E-state index is 12.6. The maximum Gasteiger partial charge on any atom is 0.227 e. The minimum Gasteiger partial charge on any atom is -0.355 e. The average Bonchev–Trinajstić information content (AvgIpc) is 3.34. The summed E-state index contributed by atoms with van der Waals surface area (Å²) < 4.78 is 0. The number of anilines is 1. The summed E-state index contributed by atoms with van der Waals surface area (Å²) in [6, 6.07) is 10.1. The van der Waals surface area contributed by atoms with Crippen LogP contribution in [-0.2, 0) is 22.6 Å². The molecule has 0 radical (unpaired) electrons. The molecule has 1 N–H and O–H groups in total. The summed E-state index contributed by atoms with van der Waals surface area (Å²) in [7, 11) is 0. The summed E-state index contributed by atoms with van der Waals surface area (Å²) in [6.45, 7) is 3.96. The number of fused-ring (bicyclic) bond motifs is 1. The first kappa shape index (κ1) is 19.5. The van der Waals surface area contributed by atoms with Crippen LogP contribution in [0.2, 0.25) is 0 Å². The summed E-state index contributed by atoms with van der Waals surface area (Å²) in [5.41, 5.74) is 2.30. The first-order valence-corrected chi connectivity index (χ1v) is 11.7. The minimum atomic E-state index is -0.266.